The Balaban J connectivity index is 1.54. The number of benzene rings is 1. The lowest BCUT2D eigenvalue weighted by atomic mass is 10.3. The van der Waals surface area contributed by atoms with Crippen LogP contribution in [0.4, 0.5) is 5.69 Å². The molecule has 0 aliphatic rings. The zero-order valence-corrected chi connectivity index (χ0v) is 12.7. The van der Waals surface area contributed by atoms with Crippen LogP contribution in [0.15, 0.2) is 54.9 Å². The normalized spacial score (nSPS) is 10.5. The first-order valence-electron chi connectivity index (χ1n) is 7.33. The second-order valence-electron chi connectivity index (χ2n) is 4.86. The van der Waals surface area contributed by atoms with Gasteiger partial charge in [0.2, 0.25) is 0 Å². The summed E-state index contributed by atoms with van der Waals surface area (Å²) in [6, 6.07) is 12.7. The first-order valence-corrected chi connectivity index (χ1v) is 7.33. The molecule has 1 aromatic carbocycles. The number of carbonyl (C=O) groups excluding carboxylic acids is 1. The maximum Gasteiger partial charge on any atom is 0.262 e. The van der Waals surface area contributed by atoms with E-state index in [9.17, 15) is 4.79 Å². The van der Waals surface area contributed by atoms with E-state index in [0.29, 0.717) is 18.0 Å². The van der Waals surface area contributed by atoms with Crippen molar-refractivity contribution in [2.24, 2.45) is 0 Å². The topological polar surface area (TPSA) is 64.9 Å². The zero-order chi connectivity index (χ0) is 16.1. The van der Waals surface area contributed by atoms with Crippen molar-refractivity contribution in [2.75, 3.05) is 18.5 Å². The van der Waals surface area contributed by atoms with Gasteiger partial charge in [0.15, 0.2) is 6.61 Å². The number of hydrogen-bond acceptors (Lipinski definition) is 4. The van der Waals surface area contributed by atoms with Crippen molar-refractivity contribution in [1.82, 2.24) is 9.61 Å². The summed E-state index contributed by atoms with van der Waals surface area (Å²) in [5, 5.41) is 6.90. The molecule has 0 aliphatic carbocycles. The monoisotopic (exact) mass is 311 g/mol. The van der Waals surface area contributed by atoms with Gasteiger partial charge in [-0.2, -0.15) is 5.10 Å². The van der Waals surface area contributed by atoms with E-state index in [1.165, 1.54) is 0 Å². The van der Waals surface area contributed by atoms with E-state index >= 15 is 0 Å². The lowest BCUT2D eigenvalue weighted by Gasteiger charge is -2.09. The number of nitrogens with one attached hydrogen (secondary N) is 1. The number of hydrogen-bond donors (Lipinski definition) is 1. The number of pyridine rings is 1. The van der Waals surface area contributed by atoms with Gasteiger partial charge in [-0.25, -0.2) is 4.52 Å². The van der Waals surface area contributed by atoms with Crippen LogP contribution in [0.2, 0.25) is 0 Å². The molecule has 0 aliphatic heterocycles. The van der Waals surface area contributed by atoms with Gasteiger partial charge in [-0.15, -0.1) is 0 Å². The molecule has 0 atom stereocenters. The minimum absolute atomic E-state index is 0.0571. The molecule has 1 amide bonds. The van der Waals surface area contributed by atoms with Gasteiger partial charge in [0.05, 0.1) is 12.1 Å². The lowest BCUT2D eigenvalue weighted by molar-refractivity contribution is -0.118. The second kappa shape index (κ2) is 6.83. The Labute approximate surface area is 133 Å². The molecule has 2 aromatic heterocycles. The fourth-order valence-corrected chi connectivity index (χ4v) is 2.14. The van der Waals surface area contributed by atoms with Gasteiger partial charge in [0, 0.05) is 18.1 Å². The Bertz CT molecular complexity index is 796. The molecule has 118 valence electrons. The highest BCUT2D eigenvalue weighted by Crippen LogP contribution is 2.17. The number of fused-ring (bicyclic) bond motifs is 1. The summed E-state index contributed by atoms with van der Waals surface area (Å²) in [7, 11) is 0. The van der Waals surface area contributed by atoms with Gasteiger partial charge >= 0.3 is 0 Å². The molecule has 0 unspecified atom stereocenters. The lowest BCUT2D eigenvalue weighted by Crippen LogP contribution is -2.20. The van der Waals surface area contributed by atoms with Crippen LogP contribution in [-0.2, 0) is 4.79 Å². The van der Waals surface area contributed by atoms with Gasteiger partial charge in [0.25, 0.3) is 5.91 Å². The van der Waals surface area contributed by atoms with E-state index in [0.717, 1.165) is 11.3 Å². The molecule has 2 heterocycles. The highest BCUT2D eigenvalue weighted by molar-refractivity contribution is 5.92. The van der Waals surface area contributed by atoms with E-state index in [4.69, 9.17) is 9.47 Å². The van der Waals surface area contributed by atoms with E-state index in [1.807, 2.05) is 31.2 Å². The molecule has 0 saturated heterocycles. The molecule has 0 spiro atoms. The Morgan fingerprint density at radius 2 is 1.87 bits per heavy atom. The van der Waals surface area contributed by atoms with Crippen molar-refractivity contribution < 1.29 is 14.3 Å². The van der Waals surface area contributed by atoms with Crippen molar-refractivity contribution in [3.63, 3.8) is 0 Å². The predicted octanol–water partition coefficient (Wildman–Crippen LogP) is 2.75. The van der Waals surface area contributed by atoms with Gasteiger partial charge in [0.1, 0.15) is 11.5 Å². The standard InChI is InChI=1S/C17H17N3O3/c1-2-22-15-3-5-16(6-4-15)23-12-17(21)19-13-8-10-20-14(11-13)7-9-18-20/h3-11H,2,12H2,1H3,(H,19,21). The zero-order valence-electron chi connectivity index (χ0n) is 12.7. The Hall–Kier alpha value is -3.02. The van der Waals surface area contributed by atoms with Crippen LogP contribution >= 0.6 is 0 Å². The van der Waals surface area contributed by atoms with E-state index < -0.39 is 0 Å². The molecule has 23 heavy (non-hydrogen) atoms. The van der Waals surface area contributed by atoms with Crippen LogP contribution in [0.1, 0.15) is 6.92 Å². The third-order valence-corrected chi connectivity index (χ3v) is 3.19. The van der Waals surface area contributed by atoms with E-state index in [-0.39, 0.29) is 12.5 Å². The number of ether oxygens (including phenoxy) is 2. The first-order chi connectivity index (χ1) is 11.2. The quantitative estimate of drug-likeness (QED) is 0.760. The summed E-state index contributed by atoms with van der Waals surface area (Å²) in [6.45, 7) is 2.48. The molecule has 0 fully saturated rings. The van der Waals surface area contributed by atoms with Gasteiger partial charge in [-0.05, 0) is 49.4 Å². The minimum atomic E-state index is -0.220. The number of nitrogens with zero attached hydrogens (tertiary/aromatic N) is 2. The van der Waals surface area contributed by atoms with Crippen LogP contribution < -0.4 is 14.8 Å². The van der Waals surface area contributed by atoms with Crippen LogP contribution in [0.3, 0.4) is 0 Å². The van der Waals surface area contributed by atoms with Crippen LogP contribution in [-0.4, -0.2) is 28.7 Å². The van der Waals surface area contributed by atoms with Crippen molar-refractivity contribution in [2.45, 2.75) is 6.92 Å². The largest absolute Gasteiger partial charge is 0.494 e. The molecule has 0 radical (unpaired) electrons. The average Bonchev–Trinajstić information content (AvgIpc) is 3.02. The SMILES string of the molecule is CCOc1ccc(OCC(=O)Nc2ccn3nccc3c2)cc1. The predicted molar refractivity (Wildman–Crippen MR) is 86.9 cm³/mol. The van der Waals surface area contributed by atoms with E-state index in [2.05, 4.69) is 10.4 Å². The van der Waals surface area contributed by atoms with Crippen molar-refractivity contribution in [1.29, 1.82) is 0 Å². The second-order valence-corrected chi connectivity index (χ2v) is 4.86. The number of anilines is 1. The minimum Gasteiger partial charge on any atom is -0.494 e. The average molecular weight is 311 g/mol. The van der Waals surface area contributed by atoms with Crippen molar-refractivity contribution >= 4 is 17.1 Å². The van der Waals surface area contributed by atoms with Crippen LogP contribution in [0.5, 0.6) is 11.5 Å². The molecule has 6 heteroatoms. The molecule has 6 nitrogen and oxygen atoms in total. The number of carbonyl (C=O) groups is 1. The molecule has 0 saturated carbocycles. The summed E-state index contributed by atoms with van der Waals surface area (Å²) < 4.78 is 12.5. The Kier molecular flexibility index (Phi) is 4.42. The van der Waals surface area contributed by atoms with Crippen LogP contribution in [0.25, 0.3) is 5.52 Å². The Morgan fingerprint density at radius 1 is 1.13 bits per heavy atom. The highest BCUT2D eigenvalue weighted by atomic mass is 16.5. The smallest absolute Gasteiger partial charge is 0.262 e. The molecule has 1 N–H and O–H groups in total. The van der Waals surface area contributed by atoms with Crippen molar-refractivity contribution in [3.05, 3.63) is 54.9 Å². The first kappa shape index (κ1) is 14.9. The fraction of sp³-hybridized carbons (Fsp3) is 0.176. The number of amides is 1. The van der Waals surface area contributed by atoms with Gasteiger partial charge in [-0.1, -0.05) is 0 Å². The summed E-state index contributed by atoms with van der Waals surface area (Å²) >= 11 is 0. The maximum atomic E-state index is 11.9. The number of rotatable bonds is 6. The van der Waals surface area contributed by atoms with Crippen molar-refractivity contribution in [3.8, 4) is 11.5 Å². The van der Waals surface area contributed by atoms with Gasteiger partial charge in [-0.3, -0.25) is 4.79 Å². The highest BCUT2D eigenvalue weighted by Gasteiger charge is 2.05. The third kappa shape index (κ3) is 3.79. The van der Waals surface area contributed by atoms with E-state index in [1.54, 1.807) is 35.1 Å². The number of aromatic nitrogens is 2. The summed E-state index contributed by atoms with van der Waals surface area (Å²) in [4.78, 5) is 11.9. The Morgan fingerprint density at radius 3 is 2.61 bits per heavy atom. The molecule has 3 aromatic rings. The molecule has 3 rings (SSSR count). The third-order valence-electron chi connectivity index (χ3n) is 3.19. The molecular formula is C17H17N3O3. The van der Waals surface area contributed by atoms with Crippen LogP contribution in [0, 0.1) is 0 Å². The summed E-state index contributed by atoms with van der Waals surface area (Å²) in [6.07, 6.45) is 3.49. The summed E-state index contributed by atoms with van der Waals surface area (Å²) in [5.41, 5.74) is 1.62. The van der Waals surface area contributed by atoms with Gasteiger partial charge < -0.3 is 14.8 Å². The summed E-state index contributed by atoms with van der Waals surface area (Å²) in [5.74, 6) is 1.18. The molecular weight excluding hydrogens is 294 g/mol. The maximum absolute atomic E-state index is 11.9. The molecule has 0 bridgehead atoms. The fourth-order valence-electron chi connectivity index (χ4n) is 2.14.